The molecule has 0 amide bonds. The second-order valence-electron chi connectivity index (χ2n) is 10.1. The first-order valence-corrected chi connectivity index (χ1v) is 14.6. The summed E-state index contributed by atoms with van der Waals surface area (Å²) in [4.78, 5) is 9.29. The Morgan fingerprint density at radius 2 is 1.74 bits per heavy atom. The number of thiocarbonyl (C=S) groups is 1. The molecule has 5 nitrogen and oxygen atoms in total. The fourth-order valence-electron chi connectivity index (χ4n) is 5.56. The van der Waals surface area contributed by atoms with Crippen LogP contribution in [0.1, 0.15) is 43.2 Å². The highest BCUT2D eigenvalue weighted by atomic mass is 79.9. The lowest BCUT2D eigenvalue weighted by Gasteiger charge is -2.33. The summed E-state index contributed by atoms with van der Waals surface area (Å²) in [5, 5.41) is 4.98. The average molecular weight is 607 g/mol. The van der Waals surface area contributed by atoms with Gasteiger partial charge in [0.15, 0.2) is 5.11 Å². The highest BCUT2D eigenvalue weighted by Gasteiger charge is 2.42. The number of nitrogens with one attached hydrogen (secondary N) is 1. The normalized spacial score (nSPS) is 20.1. The molecule has 2 saturated heterocycles. The zero-order chi connectivity index (χ0) is 26.2. The summed E-state index contributed by atoms with van der Waals surface area (Å²) in [7, 11) is 0. The summed E-state index contributed by atoms with van der Waals surface area (Å²) in [6, 6.07) is 24.7. The standard InChI is InChI=1S/C30H29BrClN5S/c1-20-13-17-35(18-14-20)26-12-11-23(19-24(26)32)37-29(28(34-30(37)38)25-5-2-3-15-33-25)27-6-4-16-36(27)22-9-7-21(31)8-10-22/h2-12,15-16,19-20,28-29H,13-14,17-18H2,1H3,(H,34,38). The van der Waals surface area contributed by atoms with E-state index in [9.17, 15) is 0 Å². The summed E-state index contributed by atoms with van der Waals surface area (Å²) in [6.07, 6.45) is 6.32. The molecule has 2 aliphatic rings. The van der Waals surface area contributed by atoms with E-state index < -0.39 is 0 Å². The molecule has 0 spiro atoms. The van der Waals surface area contributed by atoms with Gasteiger partial charge in [0.25, 0.3) is 0 Å². The fourth-order valence-corrected chi connectivity index (χ4v) is 6.46. The predicted octanol–water partition coefficient (Wildman–Crippen LogP) is 7.70. The number of anilines is 2. The van der Waals surface area contributed by atoms with Crippen LogP contribution in [-0.2, 0) is 0 Å². The van der Waals surface area contributed by atoms with Gasteiger partial charge in [0.1, 0.15) is 6.04 Å². The number of hydrogen-bond acceptors (Lipinski definition) is 3. The van der Waals surface area contributed by atoms with Gasteiger partial charge < -0.3 is 19.7 Å². The molecule has 2 unspecified atom stereocenters. The van der Waals surface area contributed by atoms with Gasteiger partial charge in [0.2, 0.25) is 0 Å². The largest absolute Gasteiger partial charge is 0.370 e. The molecule has 0 bridgehead atoms. The minimum absolute atomic E-state index is 0.130. The number of benzene rings is 2. The van der Waals surface area contributed by atoms with E-state index in [0.29, 0.717) is 5.11 Å². The Bertz CT molecular complexity index is 1430. The smallest absolute Gasteiger partial charge is 0.174 e. The summed E-state index contributed by atoms with van der Waals surface area (Å²) >= 11 is 16.5. The summed E-state index contributed by atoms with van der Waals surface area (Å²) in [5.41, 5.74) is 5.19. The maximum atomic E-state index is 6.94. The highest BCUT2D eigenvalue weighted by Crippen LogP contribution is 2.44. The quantitative estimate of drug-likeness (QED) is 0.236. The van der Waals surface area contributed by atoms with E-state index in [1.54, 1.807) is 0 Å². The predicted molar refractivity (Wildman–Crippen MR) is 163 cm³/mol. The molecule has 8 heteroatoms. The van der Waals surface area contributed by atoms with Gasteiger partial charge in [-0.25, -0.2) is 0 Å². The van der Waals surface area contributed by atoms with Gasteiger partial charge in [0.05, 0.1) is 22.4 Å². The van der Waals surface area contributed by atoms with Crippen molar-refractivity contribution in [2.45, 2.75) is 31.8 Å². The third-order valence-electron chi connectivity index (χ3n) is 7.62. The lowest BCUT2D eigenvalue weighted by Crippen LogP contribution is -2.33. The van der Waals surface area contributed by atoms with Crippen LogP contribution in [0, 0.1) is 5.92 Å². The average Bonchev–Trinajstić information content (AvgIpc) is 3.54. The molecule has 1 N–H and O–H groups in total. The Morgan fingerprint density at radius 3 is 2.45 bits per heavy atom. The minimum atomic E-state index is -0.131. The van der Waals surface area contributed by atoms with Crippen molar-refractivity contribution in [2.75, 3.05) is 22.9 Å². The molecule has 6 rings (SSSR count). The van der Waals surface area contributed by atoms with Gasteiger partial charge in [-0.1, -0.05) is 40.5 Å². The molecule has 0 radical (unpaired) electrons. The lowest BCUT2D eigenvalue weighted by molar-refractivity contribution is 0.438. The summed E-state index contributed by atoms with van der Waals surface area (Å²) in [5.74, 6) is 0.767. The number of piperidine rings is 1. The van der Waals surface area contributed by atoms with Crippen molar-refractivity contribution in [3.8, 4) is 5.69 Å². The molecule has 4 aromatic rings. The van der Waals surface area contributed by atoms with Gasteiger partial charge in [-0.2, -0.15) is 0 Å². The zero-order valence-electron chi connectivity index (χ0n) is 21.1. The number of halogens is 2. The maximum absolute atomic E-state index is 6.94. The van der Waals surface area contributed by atoms with Crippen LogP contribution < -0.4 is 15.1 Å². The molecule has 2 fully saturated rings. The van der Waals surface area contributed by atoms with Gasteiger partial charge in [0, 0.05) is 47.0 Å². The molecule has 2 aromatic carbocycles. The third-order valence-corrected chi connectivity index (χ3v) is 8.77. The van der Waals surface area contributed by atoms with Crippen molar-refractivity contribution in [1.29, 1.82) is 0 Å². The van der Waals surface area contributed by atoms with Crippen LogP contribution in [0.5, 0.6) is 0 Å². The Morgan fingerprint density at radius 1 is 0.974 bits per heavy atom. The fraction of sp³-hybridized carbons (Fsp3) is 0.267. The second kappa shape index (κ2) is 10.7. The molecule has 2 aromatic heterocycles. The van der Waals surface area contributed by atoms with Gasteiger partial charge in [-0.05, 0) is 97.7 Å². The van der Waals surface area contributed by atoms with E-state index in [0.717, 1.165) is 57.0 Å². The van der Waals surface area contributed by atoms with Crippen molar-refractivity contribution in [3.05, 3.63) is 106 Å². The Kier molecular flexibility index (Phi) is 7.16. The molecule has 194 valence electrons. The molecule has 4 heterocycles. The van der Waals surface area contributed by atoms with Crippen LogP contribution in [0.3, 0.4) is 0 Å². The molecule has 38 heavy (non-hydrogen) atoms. The zero-order valence-corrected chi connectivity index (χ0v) is 24.3. The number of hydrogen-bond donors (Lipinski definition) is 1. The first kappa shape index (κ1) is 25.4. The topological polar surface area (TPSA) is 36.3 Å². The second-order valence-corrected chi connectivity index (χ2v) is 11.8. The summed E-state index contributed by atoms with van der Waals surface area (Å²) < 4.78 is 3.27. The van der Waals surface area contributed by atoms with Crippen LogP contribution in [0.25, 0.3) is 5.69 Å². The van der Waals surface area contributed by atoms with Crippen LogP contribution in [0.2, 0.25) is 5.02 Å². The monoisotopic (exact) mass is 605 g/mol. The molecule has 2 atom stereocenters. The van der Waals surface area contributed by atoms with Crippen molar-refractivity contribution in [3.63, 3.8) is 0 Å². The number of nitrogens with zero attached hydrogens (tertiary/aromatic N) is 4. The van der Waals surface area contributed by atoms with Crippen LogP contribution in [-0.4, -0.2) is 27.8 Å². The van der Waals surface area contributed by atoms with Crippen molar-refractivity contribution >= 4 is 56.2 Å². The first-order chi connectivity index (χ1) is 18.5. The van der Waals surface area contributed by atoms with E-state index in [2.05, 4.69) is 109 Å². The molecule has 2 aliphatic heterocycles. The van der Waals surface area contributed by atoms with E-state index in [1.165, 1.54) is 12.8 Å². The lowest BCUT2D eigenvalue weighted by atomic mass is 9.98. The SMILES string of the molecule is CC1CCN(c2ccc(N3C(=S)NC(c4ccccn4)C3c3cccn3-c3ccc(Br)cc3)cc2Cl)CC1. The van der Waals surface area contributed by atoms with E-state index in [4.69, 9.17) is 28.8 Å². The van der Waals surface area contributed by atoms with Crippen LogP contribution in [0.4, 0.5) is 11.4 Å². The van der Waals surface area contributed by atoms with Crippen molar-refractivity contribution < 1.29 is 0 Å². The maximum Gasteiger partial charge on any atom is 0.174 e. The van der Waals surface area contributed by atoms with E-state index >= 15 is 0 Å². The Labute approximate surface area is 242 Å². The Balaban J connectivity index is 1.42. The molecule has 0 aliphatic carbocycles. The number of aromatic nitrogens is 2. The summed E-state index contributed by atoms with van der Waals surface area (Å²) in [6.45, 7) is 4.40. The van der Waals surface area contributed by atoms with Crippen molar-refractivity contribution in [2.24, 2.45) is 5.92 Å². The molecule has 0 saturated carbocycles. The van der Waals surface area contributed by atoms with E-state index in [1.807, 2.05) is 18.3 Å². The first-order valence-electron chi connectivity index (χ1n) is 13.0. The van der Waals surface area contributed by atoms with Gasteiger partial charge in [-0.15, -0.1) is 0 Å². The number of rotatable bonds is 5. The van der Waals surface area contributed by atoms with Crippen LogP contribution >= 0.6 is 39.7 Å². The van der Waals surface area contributed by atoms with Gasteiger partial charge >= 0.3 is 0 Å². The van der Waals surface area contributed by atoms with E-state index in [-0.39, 0.29) is 12.1 Å². The number of pyridine rings is 1. The molecular formula is C30H29BrClN5S. The minimum Gasteiger partial charge on any atom is -0.370 e. The third kappa shape index (κ3) is 4.83. The molecular weight excluding hydrogens is 578 g/mol. The van der Waals surface area contributed by atoms with Crippen molar-refractivity contribution in [1.82, 2.24) is 14.9 Å². The van der Waals surface area contributed by atoms with Crippen LogP contribution in [0.15, 0.2) is 89.7 Å². The highest BCUT2D eigenvalue weighted by molar-refractivity contribution is 9.10. The Hall–Kier alpha value is -2.87. The van der Waals surface area contributed by atoms with Gasteiger partial charge in [-0.3, -0.25) is 4.98 Å².